The van der Waals surface area contributed by atoms with Gasteiger partial charge in [0.25, 0.3) is 0 Å². The molecule has 6 nitrogen and oxygen atoms in total. The van der Waals surface area contributed by atoms with E-state index in [0.717, 1.165) is 24.2 Å². The zero-order chi connectivity index (χ0) is 17.9. The summed E-state index contributed by atoms with van der Waals surface area (Å²) in [6.07, 6.45) is 1.46. The van der Waals surface area contributed by atoms with Gasteiger partial charge in [-0.1, -0.05) is 24.3 Å². The Bertz CT molecular complexity index is 863. The van der Waals surface area contributed by atoms with Crippen molar-refractivity contribution in [2.75, 3.05) is 18.6 Å². The summed E-state index contributed by atoms with van der Waals surface area (Å²) in [5, 5.41) is 0. The van der Waals surface area contributed by atoms with Crippen LogP contribution in [-0.4, -0.2) is 28.0 Å². The Morgan fingerprint density at radius 3 is 2.48 bits per heavy atom. The summed E-state index contributed by atoms with van der Waals surface area (Å²) in [5.41, 5.74) is 1.66. The molecule has 0 saturated carbocycles. The van der Waals surface area contributed by atoms with Crippen LogP contribution in [0.1, 0.15) is 18.4 Å². The van der Waals surface area contributed by atoms with E-state index in [1.807, 2.05) is 24.3 Å². The summed E-state index contributed by atoms with van der Waals surface area (Å²) in [4.78, 5) is 13.6. The van der Waals surface area contributed by atoms with E-state index in [4.69, 9.17) is 4.74 Å². The monoisotopic (exact) mass is 360 g/mol. The van der Waals surface area contributed by atoms with E-state index in [1.165, 1.54) is 13.2 Å². The Kier molecular flexibility index (Phi) is 5.06. The fourth-order valence-electron chi connectivity index (χ4n) is 2.81. The number of para-hydroxylation sites is 1. The first kappa shape index (κ1) is 17.4. The van der Waals surface area contributed by atoms with E-state index in [9.17, 15) is 13.2 Å². The number of nitrogens with one attached hydrogen (secondary N) is 1. The fraction of sp³-hybridized carbons (Fsp3) is 0.278. The van der Waals surface area contributed by atoms with Crippen LogP contribution in [0.15, 0.2) is 53.4 Å². The Hall–Kier alpha value is -2.38. The molecule has 1 fully saturated rings. The number of hydrogen-bond acceptors (Lipinski definition) is 4. The van der Waals surface area contributed by atoms with Crippen LogP contribution in [0, 0.1) is 0 Å². The minimum atomic E-state index is -3.68. The summed E-state index contributed by atoms with van der Waals surface area (Å²) in [7, 11) is -2.24. The standard InChI is InChI=1S/C18H20N2O4S/c1-24-16-5-2-3-6-17(16)25(22,23)19-13-14-8-10-15(11-9-14)20-12-4-7-18(20)21/h2-3,5-6,8-11,19H,4,7,12-13H2,1H3. The van der Waals surface area contributed by atoms with E-state index < -0.39 is 10.0 Å². The Balaban J connectivity index is 1.69. The third-order valence-corrected chi connectivity index (χ3v) is 5.59. The molecule has 0 bridgehead atoms. The molecule has 0 unspecified atom stereocenters. The summed E-state index contributed by atoms with van der Waals surface area (Å²) in [6.45, 7) is 0.896. The van der Waals surface area contributed by atoms with Crippen molar-refractivity contribution in [2.24, 2.45) is 0 Å². The summed E-state index contributed by atoms with van der Waals surface area (Å²) in [6, 6.07) is 13.8. The third-order valence-electron chi connectivity index (χ3n) is 4.15. The average molecular weight is 360 g/mol. The lowest BCUT2D eigenvalue weighted by molar-refractivity contribution is -0.117. The average Bonchev–Trinajstić information content (AvgIpc) is 3.06. The molecule has 1 amide bonds. The number of benzene rings is 2. The number of carbonyl (C=O) groups is 1. The van der Waals surface area contributed by atoms with Crippen molar-refractivity contribution in [3.05, 3.63) is 54.1 Å². The highest BCUT2D eigenvalue weighted by Crippen LogP contribution is 2.24. The van der Waals surface area contributed by atoms with Gasteiger partial charge in [-0.2, -0.15) is 0 Å². The normalized spacial score (nSPS) is 14.8. The molecule has 1 heterocycles. The van der Waals surface area contributed by atoms with Gasteiger partial charge in [0, 0.05) is 25.2 Å². The second-order valence-electron chi connectivity index (χ2n) is 5.79. The molecule has 1 N–H and O–H groups in total. The van der Waals surface area contributed by atoms with Gasteiger partial charge in [-0.25, -0.2) is 13.1 Å². The van der Waals surface area contributed by atoms with Gasteiger partial charge >= 0.3 is 0 Å². The van der Waals surface area contributed by atoms with Gasteiger partial charge in [0.15, 0.2) is 0 Å². The highest BCUT2D eigenvalue weighted by Gasteiger charge is 2.22. The van der Waals surface area contributed by atoms with Crippen LogP contribution < -0.4 is 14.4 Å². The van der Waals surface area contributed by atoms with Crippen molar-refractivity contribution in [1.82, 2.24) is 4.72 Å². The van der Waals surface area contributed by atoms with E-state index in [0.29, 0.717) is 12.2 Å². The second kappa shape index (κ2) is 7.25. The smallest absolute Gasteiger partial charge is 0.244 e. The number of rotatable bonds is 6. The Morgan fingerprint density at radius 2 is 1.84 bits per heavy atom. The van der Waals surface area contributed by atoms with Crippen molar-refractivity contribution in [3.63, 3.8) is 0 Å². The molecule has 3 rings (SSSR count). The zero-order valence-electron chi connectivity index (χ0n) is 13.9. The van der Waals surface area contributed by atoms with Crippen LogP contribution in [0.3, 0.4) is 0 Å². The summed E-state index contributed by atoms with van der Waals surface area (Å²) >= 11 is 0. The fourth-order valence-corrected chi connectivity index (χ4v) is 4.00. The largest absolute Gasteiger partial charge is 0.495 e. The van der Waals surface area contributed by atoms with E-state index in [-0.39, 0.29) is 17.3 Å². The minimum Gasteiger partial charge on any atom is -0.495 e. The molecule has 2 aromatic carbocycles. The van der Waals surface area contributed by atoms with Gasteiger partial charge in [0.05, 0.1) is 7.11 Å². The number of methoxy groups -OCH3 is 1. The van der Waals surface area contributed by atoms with Gasteiger partial charge in [0.2, 0.25) is 15.9 Å². The van der Waals surface area contributed by atoms with Crippen LogP contribution >= 0.6 is 0 Å². The molecule has 1 saturated heterocycles. The molecular weight excluding hydrogens is 340 g/mol. The Labute approximate surface area is 147 Å². The molecule has 25 heavy (non-hydrogen) atoms. The molecular formula is C18H20N2O4S. The molecule has 0 spiro atoms. The van der Waals surface area contributed by atoms with Gasteiger partial charge in [-0.05, 0) is 36.2 Å². The minimum absolute atomic E-state index is 0.108. The number of ether oxygens (including phenoxy) is 1. The topological polar surface area (TPSA) is 75.7 Å². The van der Waals surface area contributed by atoms with E-state index in [1.54, 1.807) is 23.1 Å². The first-order valence-corrected chi connectivity index (χ1v) is 9.51. The van der Waals surface area contributed by atoms with E-state index in [2.05, 4.69) is 4.72 Å². The number of anilines is 1. The van der Waals surface area contributed by atoms with Gasteiger partial charge < -0.3 is 9.64 Å². The lowest BCUT2D eigenvalue weighted by Crippen LogP contribution is -2.24. The van der Waals surface area contributed by atoms with Crippen LogP contribution in [0.25, 0.3) is 0 Å². The first-order valence-electron chi connectivity index (χ1n) is 8.03. The maximum atomic E-state index is 12.5. The molecule has 1 aliphatic heterocycles. The molecule has 7 heteroatoms. The predicted octanol–water partition coefficient (Wildman–Crippen LogP) is 2.30. The molecule has 0 radical (unpaired) electrons. The number of carbonyl (C=O) groups excluding carboxylic acids is 1. The second-order valence-corrected chi connectivity index (χ2v) is 7.53. The Morgan fingerprint density at radius 1 is 1.12 bits per heavy atom. The molecule has 1 aliphatic rings. The van der Waals surface area contributed by atoms with Crippen molar-refractivity contribution >= 4 is 21.6 Å². The highest BCUT2D eigenvalue weighted by atomic mass is 32.2. The molecule has 0 aliphatic carbocycles. The SMILES string of the molecule is COc1ccccc1S(=O)(=O)NCc1ccc(N2CCCC2=O)cc1. The number of amides is 1. The van der Waals surface area contributed by atoms with Crippen LogP contribution in [-0.2, 0) is 21.4 Å². The van der Waals surface area contributed by atoms with Gasteiger partial charge in [-0.15, -0.1) is 0 Å². The molecule has 132 valence electrons. The summed E-state index contributed by atoms with van der Waals surface area (Å²) < 4.78 is 32.6. The number of nitrogens with zero attached hydrogens (tertiary/aromatic N) is 1. The maximum absolute atomic E-state index is 12.5. The van der Waals surface area contributed by atoms with E-state index >= 15 is 0 Å². The lowest BCUT2D eigenvalue weighted by Gasteiger charge is -2.16. The maximum Gasteiger partial charge on any atom is 0.244 e. The summed E-state index contributed by atoms with van der Waals surface area (Å²) in [5.74, 6) is 0.433. The van der Waals surface area contributed by atoms with Crippen molar-refractivity contribution in [3.8, 4) is 5.75 Å². The lowest BCUT2D eigenvalue weighted by atomic mass is 10.2. The zero-order valence-corrected chi connectivity index (χ0v) is 14.8. The number of hydrogen-bond donors (Lipinski definition) is 1. The van der Waals surface area contributed by atoms with Crippen molar-refractivity contribution in [2.45, 2.75) is 24.3 Å². The van der Waals surface area contributed by atoms with Gasteiger partial charge in [-0.3, -0.25) is 4.79 Å². The van der Waals surface area contributed by atoms with Crippen LogP contribution in [0.5, 0.6) is 5.75 Å². The molecule has 0 aromatic heterocycles. The first-order chi connectivity index (χ1) is 12.0. The number of sulfonamides is 1. The van der Waals surface area contributed by atoms with Crippen LogP contribution in [0.4, 0.5) is 5.69 Å². The van der Waals surface area contributed by atoms with Crippen molar-refractivity contribution < 1.29 is 17.9 Å². The third kappa shape index (κ3) is 3.83. The van der Waals surface area contributed by atoms with Crippen LogP contribution in [0.2, 0.25) is 0 Å². The quantitative estimate of drug-likeness (QED) is 0.858. The van der Waals surface area contributed by atoms with Gasteiger partial charge in [0.1, 0.15) is 10.6 Å². The van der Waals surface area contributed by atoms with Crippen molar-refractivity contribution in [1.29, 1.82) is 0 Å². The highest BCUT2D eigenvalue weighted by molar-refractivity contribution is 7.89. The molecule has 2 aromatic rings. The predicted molar refractivity (Wildman–Crippen MR) is 95.0 cm³/mol. The molecule has 0 atom stereocenters.